The number of hydrogen-bond donors (Lipinski definition) is 0. The van der Waals surface area contributed by atoms with Gasteiger partial charge in [-0.15, -0.1) is 0 Å². The first-order valence-corrected chi connectivity index (χ1v) is 6.08. The summed E-state index contributed by atoms with van der Waals surface area (Å²) >= 11 is 3.25. The van der Waals surface area contributed by atoms with E-state index < -0.39 is 0 Å². The van der Waals surface area contributed by atoms with Crippen LogP contribution in [0.15, 0.2) is 12.4 Å². The minimum atomic E-state index is -0.378. The first-order valence-electron chi connectivity index (χ1n) is 4.96. The fraction of sp³-hybridized carbons (Fsp3) is 0.545. The second-order valence-electron chi connectivity index (χ2n) is 4.43. The normalized spacial score (nSPS) is 11.2. The number of aromatic nitrogens is 2. The molecule has 4 nitrogen and oxygen atoms in total. The SMILES string of the molecule is CC(C)(C)C(=O)COc1cnc(CBr)nc1. The summed E-state index contributed by atoms with van der Waals surface area (Å²) in [6.45, 7) is 5.65. The van der Waals surface area contributed by atoms with Crippen LogP contribution in [0.1, 0.15) is 26.6 Å². The average molecular weight is 287 g/mol. The van der Waals surface area contributed by atoms with Gasteiger partial charge in [-0.25, -0.2) is 9.97 Å². The third-order valence-electron chi connectivity index (χ3n) is 2.01. The van der Waals surface area contributed by atoms with Gasteiger partial charge in [-0.1, -0.05) is 36.7 Å². The highest BCUT2D eigenvalue weighted by molar-refractivity contribution is 9.08. The number of Topliss-reactive ketones (excluding diaryl/α,β-unsaturated/α-hetero) is 1. The van der Waals surface area contributed by atoms with E-state index in [0.717, 1.165) is 0 Å². The quantitative estimate of drug-likeness (QED) is 0.798. The van der Waals surface area contributed by atoms with Crippen LogP contribution in [0.4, 0.5) is 0 Å². The molecule has 0 aliphatic rings. The number of carbonyl (C=O) groups excluding carboxylic acids is 1. The van der Waals surface area contributed by atoms with Gasteiger partial charge in [0.1, 0.15) is 12.4 Å². The van der Waals surface area contributed by atoms with Crippen LogP contribution in [0.25, 0.3) is 0 Å². The van der Waals surface area contributed by atoms with Crippen LogP contribution in [0, 0.1) is 5.41 Å². The highest BCUT2D eigenvalue weighted by Crippen LogP contribution is 2.15. The van der Waals surface area contributed by atoms with Crippen molar-refractivity contribution in [3.8, 4) is 5.75 Å². The van der Waals surface area contributed by atoms with Gasteiger partial charge in [-0.3, -0.25) is 4.79 Å². The van der Waals surface area contributed by atoms with Gasteiger partial charge >= 0.3 is 0 Å². The van der Waals surface area contributed by atoms with E-state index in [1.165, 1.54) is 0 Å². The number of ketones is 1. The molecule has 0 atom stereocenters. The minimum absolute atomic E-state index is 0.0528. The van der Waals surface area contributed by atoms with Gasteiger partial charge in [0.05, 0.1) is 17.7 Å². The second-order valence-corrected chi connectivity index (χ2v) is 4.99. The zero-order valence-corrected chi connectivity index (χ0v) is 11.2. The molecule has 88 valence electrons. The Morgan fingerprint density at radius 2 is 1.94 bits per heavy atom. The Kier molecular flexibility index (Phi) is 4.41. The molecule has 0 aromatic carbocycles. The Balaban J connectivity index is 2.52. The average Bonchev–Trinajstić information content (AvgIpc) is 2.25. The highest BCUT2D eigenvalue weighted by atomic mass is 79.9. The molecule has 0 fully saturated rings. The van der Waals surface area contributed by atoms with Crippen LogP contribution in [0.3, 0.4) is 0 Å². The van der Waals surface area contributed by atoms with Crippen molar-refractivity contribution in [2.75, 3.05) is 6.61 Å². The first-order chi connectivity index (χ1) is 7.43. The minimum Gasteiger partial charge on any atom is -0.483 e. The van der Waals surface area contributed by atoms with E-state index in [1.807, 2.05) is 20.8 Å². The van der Waals surface area contributed by atoms with Crippen LogP contribution < -0.4 is 4.74 Å². The number of halogens is 1. The molecule has 0 aliphatic heterocycles. The van der Waals surface area contributed by atoms with E-state index in [9.17, 15) is 4.79 Å². The van der Waals surface area contributed by atoms with Crippen LogP contribution >= 0.6 is 15.9 Å². The topological polar surface area (TPSA) is 52.1 Å². The maximum Gasteiger partial charge on any atom is 0.175 e. The van der Waals surface area contributed by atoms with Crippen molar-refractivity contribution >= 4 is 21.7 Å². The zero-order valence-electron chi connectivity index (χ0n) is 9.66. The molecule has 1 rings (SSSR count). The fourth-order valence-corrected chi connectivity index (χ4v) is 1.14. The summed E-state index contributed by atoms with van der Waals surface area (Å²) in [5.74, 6) is 1.26. The molecule has 0 amide bonds. The molecule has 1 heterocycles. The number of rotatable bonds is 4. The zero-order chi connectivity index (χ0) is 12.2. The third-order valence-corrected chi connectivity index (χ3v) is 2.51. The summed E-state index contributed by atoms with van der Waals surface area (Å²) in [5, 5.41) is 0.605. The second kappa shape index (κ2) is 5.39. The summed E-state index contributed by atoms with van der Waals surface area (Å²) in [6, 6.07) is 0. The van der Waals surface area contributed by atoms with Crippen molar-refractivity contribution in [3.63, 3.8) is 0 Å². The van der Waals surface area contributed by atoms with Crippen LogP contribution in [0.5, 0.6) is 5.75 Å². The Morgan fingerprint density at radius 3 is 2.38 bits per heavy atom. The maximum absolute atomic E-state index is 11.6. The predicted octanol–water partition coefficient (Wildman–Crippen LogP) is 2.37. The first kappa shape index (κ1) is 13.1. The number of alkyl halides is 1. The van der Waals surface area contributed by atoms with Crippen LogP contribution in [0.2, 0.25) is 0 Å². The molecule has 1 aromatic rings. The van der Waals surface area contributed by atoms with Crippen LogP contribution in [-0.2, 0) is 10.1 Å². The molecule has 0 spiro atoms. The van der Waals surface area contributed by atoms with Crippen molar-refractivity contribution in [2.24, 2.45) is 5.41 Å². The molecule has 0 saturated carbocycles. The van der Waals surface area contributed by atoms with Crippen molar-refractivity contribution in [1.82, 2.24) is 9.97 Å². The van der Waals surface area contributed by atoms with Crippen molar-refractivity contribution in [3.05, 3.63) is 18.2 Å². The van der Waals surface area contributed by atoms with Crippen molar-refractivity contribution < 1.29 is 9.53 Å². The molecule has 0 aliphatic carbocycles. The Bertz CT molecular complexity index is 357. The lowest BCUT2D eigenvalue weighted by atomic mass is 9.91. The fourth-order valence-electron chi connectivity index (χ4n) is 0.852. The number of hydrogen-bond acceptors (Lipinski definition) is 4. The van der Waals surface area contributed by atoms with Gasteiger partial charge in [0.2, 0.25) is 0 Å². The largest absolute Gasteiger partial charge is 0.483 e. The maximum atomic E-state index is 11.6. The lowest BCUT2D eigenvalue weighted by molar-refractivity contribution is -0.128. The molecule has 0 saturated heterocycles. The molecule has 5 heteroatoms. The smallest absolute Gasteiger partial charge is 0.175 e. The molecule has 16 heavy (non-hydrogen) atoms. The van der Waals surface area contributed by atoms with Crippen molar-refractivity contribution in [1.29, 1.82) is 0 Å². The van der Waals surface area contributed by atoms with Gasteiger partial charge in [0, 0.05) is 5.41 Å². The molecule has 0 bridgehead atoms. The predicted molar refractivity (Wildman–Crippen MR) is 64.6 cm³/mol. The van der Waals surface area contributed by atoms with Crippen molar-refractivity contribution in [2.45, 2.75) is 26.1 Å². The summed E-state index contributed by atoms with van der Waals surface area (Å²) in [5.41, 5.74) is -0.378. The Hall–Kier alpha value is -0.970. The lowest BCUT2D eigenvalue weighted by Crippen LogP contribution is -2.26. The molecule has 0 radical (unpaired) electrons. The number of ether oxygens (including phenoxy) is 1. The van der Waals surface area contributed by atoms with E-state index in [2.05, 4.69) is 25.9 Å². The van der Waals surface area contributed by atoms with Gasteiger partial charge in [0.15, 0.2) is 11.5 Å². The van der Waals surface area contributed by atoms with Gasteiger partial charge in [-0.2, -0.15) is 0 Å². The summed E-state index contributed by atoms with van der Waals surface area (Å²) < 4.78 is 5.30. The Labute approximate surface area is 104 Å². The number of carbonyl (C=O) groups is 1. The molecule has 0 unspecified atom stereocenters. The van der Waals surface area contributed by atoms with Gasteiger partial charge in [0.25, 0.3) is 0 Å². The Morgan fingerprint density at radius 1 is 1.38 bits per heavy atom. The molecule has 0 N–H and O–H groups in total. The molecular weight excluding hydrogens is 272 g/mol. The van der Waals surface area contributed by atoms with E-state index >= 15 is 0 Å². The molecule has 1 aromatic heterocycles. The van der Waals surface area contributed by atoms with E-state index in [1.54, 1.807) is 12.4 Å². The van der Waals surface area contributed by atoms with E-state index in [4.69, 9.17) is 4.74 Å². The third kappa shape index (κ3) is 3.89. The van der Waals surface area contributed by atoms with E-state index in [0.29, 0.717) is 16.9 Å². The van der Waals surface area contributed by atoms with Crippen LogP contribution in [-0.4, -0.2) is 22.4 Å². The lowest BCUT2D eigenvalue weighted by Gasteiger charge is -2.16. The summed E-state index contributed by atoms with van der Waals surface area (Å²) in [4.78, 5) is 19.7. The molecular formula is C11H15BrN2O2. The standard InChI is InChI=1S/C11H15BrN2O2/c1-11(2,3)9(15)7-16-8-5-13-10(4-12)14-6-8/h5-6H,4,7H2,1-3H3. The van der Waals surface area contributed by atoms with E-state index in [-0.39, 0.29) is 17.8 Å². The van der Waals surface area contributed by atoms with Gasteiger partial charge < -0.3 is 4.74 Å². The van der Waals surface area contributed by atoms with Gasteiger partial charge in [-0.05, 0) is 0 Å². The number of nitrogens with zero attached hydrogens (tertiary/aromatic N) is 2. The summed E-state index contributed by atoms with van der Waals surface area (Å²) in [7, 11) is 0. The monoisotopic (exact) mass is 286 g/mol. The summed E-state index contributed by atoms with van der Waals surface area (Å²) in [6.07, 6.45) is 3.14. The highest BCUT2D eigenvalue weighted by Gasteiger charge is 2.21.